The maximum absolute atomic E-state index is 11.1. The van der Waals surface area contributed by atoms with Crippen LogP contribution >= 0.6 is 0 Å². The Hall–Kier alpha value is -1.57. The quantitative estimate of drug-likeness (QED) is 0.701. The Morgan fingerprint density at radius 3 is 2.79 bits per heavy atom. The minimum atomic E-state index is 0.119. The molecule has 0 spiro atoms. The van der Waals surface area contributed by atoms with Crippen LogP contribution < -0.4 is 5.32 Å². The highest BCUT2D eigenvalue weighted by Crippen LogP contribution is 2.07. The Morgan fingerprint density at radius 2 is 2.07 bits per heavy atom. The normalized spacial score (nSPS) is 20.6. The first-order valence-electron chi connectivity index (χ1n) is 4.84. The average Bonchev–Trinajstić information content (AvgIpc) is 2.19. The van der Waals surface area contributed by atoms with E-state index in [1.807, 2.05) is 24.3 Å². The predicted molar refractivity (Wildman–Crippen MR) is 55.8 cm³/mol. The van der Waals surface area contributed by atoms with Crippen molar-refractivity contribution in [2.24, 2.45) is 0 Å². The summed E-state index contributed by atoms with van der Waals surface area (Å²) < 4.78 is 0. The average molecular weight is 187 g/mol. The molecule has 2 heteroatoms. The molecule has 0 radical (unpaired) electrons. The van der Waals surface area contributed by atoms with Gasteiger partial charge in [0.05, 0.1) is 6.04 Å². The van der Waals surface area contributed by atoms with Gasteiger partial charge in [-0.3, -0.25) is 4.79 Å². The Balaban J connectivity index is 2.01. The molecule has 0 saturated heterocycles. The van der Waals surface area contributed by atoms with E-state index in [1.54, 1.807) is 0 Å². The lowest BCUT2D eigenvalue weighted by Gasteiger charge is -2.18. The van der Waals surface area contributed by atoms with Crippen LogP contribution in [0.3, 0.4) is 0 Å². The number of benzene rings is 1. The Morgan fingerprint density at radius 1 is 1.29 bits per heavy atom. The number of nitrogens with one attached hydrogen (secondary N) is 1. The SMILES string of the molecule is O=C1CC=C[C@H](Cc2ccccc2)N1. The number of hydrogen-bond acceptors (Lipinski definition) is 1. The van der Waals surface area contributed by atoms with E-state index in [4.69, 9.17) is 0 Å². The maximum atomic E-state index is 11.1. The van der Waals surface area contributed by atoms with E-state index in [1.165, 1.54) is 5.56 Å². The van der Waals surface area contributed by atoms with Crippen LogP contribution in [0.25, 0.3) is 0 Å². The van der Waals surface area contributed by atoms with Crippen LogP contribution in [0.15, 0.2) is 42.5 Å². The number of carbonyl (C=O) groups is 1. The van der Waals surface area contributed by atoms with E-state index in [2.05, 4.69) is 23.5 Å². The maximum Gasteiger partial charge on any atom is 0.224 e. The van der Waals surface area contributed by atoms with Crippen LogP contribution in [0.5, 0.6) is 0 Å². The van der Waals surface area contributed by atoms with Gasteiger partial charge in [-0.15, -0.1) is 0 Å². The topological polar surface area (TPSA) is 29.1 Å². The van der Waals surface area contributed by atoms with E-state index >= 15 is 0 Å². The van der Waals surface area contributed by atoms with Crippen LogP contribution in [0.4, 0.5) is 0 Å². The van der Waals surface area contributed by atoms with Gasteiger partial charge in [-0.2, -0.15) is 0 Å². The molecule has 0 unspecified atom stereocenters. The Labute approximate surface area is 83.6 Å². The molecule has 1 heterocycles. The molecule has 1 aliphatic heterocycles. The smallest absolute Gasteiger partial charge is 0.224 e. The summed E-state index contributed by atoms with van der Waals surface area (Å²) in [6.45, 7) is 0. The first-order chi connectivity index (χ1) is 6.84. The zero-order valence-corrected chi connectivity index (χ0v) is 7.94. The highest BCUT2D eigenvalue weighted by Gasteiger charge is 2.12. The molecule has 14 heavy (non-hydrogen) atoms. The van der Waals surface area contributed by atoms with Crippen LogP contribution in [-0.4, -0.2) is 11.9 Å². The van der Waals surface area contributed by atoms with E-state index in [0.717, 1.165) is 6.42 Å². The molecule has 0 bridgehead atoms. The van der Waals surface area contributed by atoms with Crippen LogP contribution in [-0.2, 0) is 11.2 Å². The van der Waals surface area contributed by atoms with Crippen molar-refractivity contribution >= 4 is 5.91 Å². The van der Waals surface area contributed by atoms with Crippen molar-refractivity contribution in [2.75, 3.05) is 0 Å². The lowest BCUT2D eigenvalue weighted by Crippen LogP contribution is -2.37. The minimum Gasteiger partial charge on any atom is -0.349 e. The molecule has 1 amide bonds. The van der Waals surface area contributed by atoms with Crippen LogP contribution in [0.1, 0.15) is 12.0 Å². The molecule has 0 aliphatic carbocycles. The minimum absolute atomic E-state index is 0.119. The molecule has 0 aromatic heterocycles. The summed E-state index contributed by atoms with van der Waals surface area (Å²) in [4.78, 5) is 11.1. The molecular formula is C12H13NO. The van der Waals surface area contributed by atoms with Gasteiger partial charge in [-0.1, -0.05) is 42.5 Å². The summed E-state index contributed by atoms with van der Waals surface area (Å²) in [6.07, 6.45) is 5.40. The molecule has 1 aliphatic rings. The predicted octanol–water partition coefficient (Wildman–Crippen LogP) is 1.67. The molecule has 2 rings (SSSR count). The monoisotopic (exact) mass is 187 g/mol. The third-order valence-electron chi connectivity index (χ3n) is 2.32. The zero-order valence-electron chi connectivity index (χ0n) is 7.94. The van der Waals surface area contributed by atoms with Crippen molar-refractivity contribution in [3.05, 3.63) is 48.0 Å². The van der Waals surface area contributed by atoms with Gasteiger partial charge >= 0.3 is 0 Å². The number of carbonyl (C=O) groups excluding carboxylic acids is 1. The van der Waals surface area contributed by atoms with Gasteiger partial charge in [-0.05, 0) is 12.0 Å². The second kappa shape index (κ2) is 4.09. The van der Waals surface area contributed by atoms with Gasteiger partial charge in [0.25, 0.3) is 0 Å². The lowest BCUT2D eigenvalue weighted by molar-refractivity contribution is -0.121. The summed E-state index contributed by atoms with van der Waals surface area (Å²) in [5.74, 6) is 0.119. The first kappa shape index (κ1) is 9.00. The summed E-state index contributed by atoms with van der Waals surface area (Å²) in [6, 6.07) is 10.4. The fourth-order valence-electron chi connectivity index (χ4n) is 1.64. The summed E-state index contributed by atoms with van der Waals surface area (Å²) >= 11 is 0. The molecule has 2 nitrogen and oxygen atoms in total. The van der Waals surface area contributed by atoms with Gasteiger partial charge in [0.15, 0.2) is 0 Å². The largest absolute Gasteiger partial charge is 0.349 e. The fraction of sp³-hybridized carbons (Fsp3) is 0.250. The molecule has 72 valence electrons. The number of amides is 1. The Kier molecular flexibility index (Phi) is 2.63. The highest BCUT2D eigenvalue weighted by molar-refractivity contribution is 5.79. The summed E-state index contributed by atoms with van der Waals surface area (Å²) in [5.41, 5.74) is 1.25. The molecular weight excluding hydrogens is 174 g/mol. The molecule has 0 fully saturated rings. The van der Waals surface area contributed by atoms with Gasteiger partial charge in [0.2, 0.25) is 5.91 Å². The summed E-state index contributed by atoms with van der Waals surface area (Å²) in [5, 5.41) is 2.94. The van der Waals surface area contributed by atoms with Crippen molar-refractivity contribution in [2.45, 2.75) is 18.9 Å². The standard InChI is InChI=1S/C12H13NO/c14-12-8-4-7-11(13-12)9-10-5-2-1-3-6-10/h1-7,11H,8-9H2,(H,13,14)/t11-/m1/s1. The Bertz CT molecular complexity index is 343. The number of hydrogen-bond donors (Lipinski definition) is 1. The number of rotatable bonds is 2. The summed E-state index contributed by atoms with van der Waals surface area (Å²) in [7, 11) is 0. The molecule has 1 aromatic rings. The van der Waals surface area contributed by atoms with Gasteiger partial charge < -0.3 is 5.32 Å². The second-order valence-electron chi connectivity index (χ2n) is 3.50. The van der Waals surface area contributed by atoms with Gasteiger partial charge in [0, 0.05) is 6.42 Å². The third kappa shape index (κ3) is 2.22. The van der Waals surface area contributed by atoms with E-state index in [-0.39, 0.29) is 11.9 Å². The molecule has 1 N–H and O–H groups in total. The van der Waals surface area contributed by atoms with Gasteiger partial charge in [0.1, 0.15) is 0 Å². The third-order valence-corrected chi connectivity index (χ3v) is 2.32. The molecule has 0 saturated carbocycles. The highest BCUT2D eigenvalue weighted by atomic mass is 16.1. The molecule has 1 atom stereocenters. The van der Waals surface area contributed by atoms with Crippen molar-refractivity contribution in [3.63, 3.8) is 0 Å². The first-order valence-corrected chi connectivity index (χ1v) is 4.84. The van der Waals surface area contributed by atoms with Crippen LogP contribution in [0, 0.1) is 0 Å². The van der Waals surface area contributed by atoms with E-state index < -0.39 is 0 Å². The molecule has 1 aromatic carbocycles. The van der Waals surface area contributed by atoms with Crippen molar-refractivity contribution in [1.29, 1.82) is 0 Å². The van der Waals surface area contributed by atoms with Crippen molar-refractivity contribution in [3.8, 4) is 0 Å². The zero-order chi connectivity index (χ0) is 9.80. The second-order valence-corrected chi connectivity index (χ2v) is 3.50. The fourth-order valence-corrected chi connectivity index (χ4v) is 1.64. The van der Waals surface area contributed by atoms with Crippen LogP contribution in [0.2, 0.25) is 0 Å². The van der Waals surface area contributed by atoms with Crippen molar-refractivity contribution < 1.29 is 4.79 Å². The van der Waals surface area contributed by atoms with E-state index in [0.29, 0.717) is 6.42 Å². The van der Waals surface area contributed by atoms with Crippen molar-refractivity contribution in [1.82, 2.24) is 5.32 Å². The lowest BCUT2D eigenvalue weighted by atomic mass is 10.0. The van der Waals surface area contributed by atoms with E-state index in [9.17, 15) is 4.79 Å². The van der Waals surface area contributed by atoms with Gasteiger partial charge in [-0.25, -0.2) is 0 Å².